The molecule has 3 N–H and O–H groups in total. The summed E-state index contributed by atoms with van der Waals surface area (Å²) >= 11 is 0. The zero-order chi connectivity index (χ0) is 15.2. The average Bonchev–Trinajstić information content (AvgIpc) is 2.47. The zero-order valence-electron chi connectivity index (χ0n) is 11.7. The molecule has 0 atom stereocenters. The number of primary amides is 1. The van der Waals surface area contributed by atoms with Crippen molar-refractivity contribution in [3.8, 4) is 0 Å². The van der Waals surface area contributed by atoms with E-state index in [1.807, 2.05) is 24.3 Å². The fourth-order valence-corrected chi connectivity index (χ4v) is 2.05. The number of carbonyl (C=O) groups excluding carboxylic acids is 1. The van der Waals surface area contributed by atoms with Crippen LogP contribution in [0.5, 0.6) is 0 Å². The van der Waals surface area contributed by atoms with E-state index in [0.29, 0.717) is 18.8 Å². The van der Waals surface area contributed by atoms with Gasteiger partial charge in [-0.3, -0.25) is 4.79 Å². The molecule has 0 aromatic heterocycles. The lowest BCUT2D eigenvalue weighted by atomic mass is 10.1. The number of carbonyl (C=O) groups is 1. The van der Waals surface area contributed by atoms with Crippen molar-refractivity contribution in [1.82, 2.24) is 0 Å². The molecule has 21 heavy (non-hydrogen) atoms. The van der Waals surface area contributed by atoms with Gasteiger partial charge in [0.05, 0.1) is 12.2 Å². The lowest BCUT2D eigenvalue weighted by Gasteiger charge is -2.11. The second-order valence-electron chi connectivity index (χ2n) is 4.61. The van der Waals surface area contributed by atoms with Crippen LogP contribution in [-0.2, 0) is 17.9 Å². The molecular weight excluding hydrogens is 271 g/mol. The van der Waals surface area contributed by atoms with Crippen molar-refractivity contribution in [3.05, 3.63) is 65.0 Å². The summed E-state index contributed by atoms with van der Waals surface area (Å²) in [7, 11) is 1.64. The van der Waals surface area contributed by atoms with E-state index < -0.39 is 11.7 Å². The Kier molecular flexibility index (Phi) is 4.90. The van der Waals surface area contributed by atoms with Crippen LogP contribution < -0.4 is 11.1 Å². The summed E-state index contributed by atoms with van der Waals surface area (Å²) in [6.07, 6.45) is 0. The maximum atomic E-state index is 13.4. The number of halogens is 1. The molecule has 1 amide bonds. The summed E-state index contributed by atoms with van der Waals surface area (Å²) < 4.78 is 18.6. The van der Waals surface area contributed by atoms with Crippen molar-refractivity contribution in [1.29, 1.82) is 0 Å². The Balaban J connectivity index is 2.13. The SMILES string of the molecule is COCc1ccccc1CNc1ccc(F)c(C(N)=O)c1. The van der Waals surface area contributed by atoms with Gasteiger partial charge in [-0.25, -0.2) is 4.39 Å². The first-order valence-electron chi connectivity index (χ1n) is 6.50. The molecule has 0 saturated heterocycles. The molecule has 2 rings (SSSR count). The largest absolute Gasteiger partial charge is 0.381 e. The second-order valence-corrected chi connectivity index (χ2v) is 4.61. The predicted octanol–water partition coefficient (Wildman–Crippen LogP) is 2.68. The summed E-state index contributed by atoms with van der Waals surface area (Å²) in [6, 6.07) is 12.1. The Labute approximate surface area is 122 Å². The van der Waals surface area contributed by atoms with Gasteiger partial charge in [-0.05, 0) is 29.3 Å². The van der Waals surface area contributed by atoms with Crippen molar-refractivity contribution in [2.75, 3.05) is 12.4 Å². The van der Waals surface area contributed by atoms with Crippen molar-refractivity contribution in [2.45, 2.75) is 13.2 Å². The smallest absolute Gasteiger partial charge is 0.251 e. The minimum absolute atomic E-state index is 0.120. The first-order valence-corrected chi connectivity index (χ1v) is 6.50. The number of hydrogen-bond acceptors (Lipinski definition) is 3. The van der Waals surface area contributed by atoms with E-state index in [0.717, 1.165) is 11.1 Å². The van der Waals surface area contributed by atoms with Crippen LogP contribution in [-0.4, -0.2) is 13.0 Å². The molecule has 110 valence electrons. The van der Waals surface area contributed by atoms with E-state index in [1.165, 1.54) is 12.1 Å². The molecule has 0 unspecified atom stereocenters. The number of nitrogens with two attached hydrogens (primary N) is 1. The summed E-state index contributed by atoms with van der Waals surface area (Å²) in [5.74, 6) is -1.40. The summed E-state index contributed by atoms with van der Waals surface area (Å²) in [5.41, 5.74) is 7.79. The van der Waals surface area contributed by atoms with Crippen molar-refractivity contribution < 1.29 is 13.9 Å². The molecular formula is C16H17FN2O2. The second kappa shape index (κ2) is 6.85. The molecule has 2 aromatic rings. The van der Waals surface area contributed by atoms with Gasteiger partial charge in [-0.1, -0.05) is 24.3 Å². The fraction of sp³-hybridized carbons (Fsp3) is 0.188. The minimum atomic E-state index is -0.782. The number of rotatable bonds is 6. The van der Waals surface area contributed by atoms with Gasteiger partial charge in [-0.2, -0.15) is 0 Å². The summed E-state index contributed by atoms with van der Waals surface area (Å²) in [4.78, 5) is 11.1. The number of amides is 1. The van der Waals surface area contributed by atoms with Crippen LogP contribution in [0.25, 0.3) is 0 Å². The van der Waals surface area contributed by atoms with Crippen LogP contribution in [0.4, 0.5) is 10.1 Å². The summed E-state index contributed by atoms with van der Waals surface area (Å²) in [6.45, 7) is 1.07. The Morgan fingerprint density at radius 2 is 1.95 bits per heavy atom. The van der Waals surface area contributed by atoms with Gasteiger partial charge in [0, 0.05) is 19.3 Å². The highest BCUT2D eigenvalue weighted by Gasteiger charge is 2.09. The number of ether oxygens (including phenoxy) is 1. The van der Waals surface area contributed by atoms with Gasteiger partial charge in [-0.15, -0.1) is 0 Å². The third-order valence-corrected chi connectivity index (χ3v) is 3.13. The van der Waals surface area contributed by atoms with E-state index in [4.69, 9.17) is 10.5 Å². The number of nitrogens with one attached hydrogen (secondary N) is 1. The molecule has 4 nitrogen and oxygen atoms in total. The molecule has 0 heterocycles. The molecule has 0 saturated carbocycles. The normalized spacial score (nSPS) is 10.4. The zero-order valence-corrected chi connectivity index (χ0v) is 11.7. The first-order chi connectivity index (χ1) is 10.1. The van der Waals surface area contributed by atoms with Gasteiger partial charge in [0.2, 0.25) is 0 Å². The van der Waals surface area contributed by atoms with Gasteiger partial charge < -0.3 is 15.8 Å². The van der Waals surface area contributed by atoms with E-state index >= 15 is 0 Å². The van der Waals surface area contributed by atoms with Crippen LogP contribution in [0.2, 0.25) is 0 Å². The molecule has 0 radical (unpaired) electrons. The Bertz CT molecular complexity index is 644. The van der Waals surface area contributed by atoms with E-state index in [9.17, 15) is 9.18 Å². The highest BCUT2D eigenvalue weighted by molar-refractivity contribution is 5.94. The van der Waals surface area contributed by atoms with Crippen molar-refractivity contribution in [3.63, 3.8) is 0 Å². The number of methoxy groups -OCH3 is 1. The maximum Gasteiger partial charge on any atom is 0.251 e. The predicted molar refractivity (Wildman–Crippen MR) is 79.4 cm³/mol. The Morgan fingerprint density at radius 1 is 1.24 bits per heavy atom. The topological polar surface area (TPSA) is 64.3 Å². The van der Waals surface area contributed by atoms with Crippen molar-refractivity contribution in [2.24, 2.45) is 5.73 Å². The Morgan fingerprint density at radius 3 is 2.62 bits per heavy atom. The van der Waals surface area contributed by atoms with Gasteiger partial charge in [0.15, 0.2) is 0 Å². The van der Waals surface area contributed by atoms with Crippen LogP contribution in [0.15, 0.2) is 42.5 Å². The average molecular weight is 288 g/mol. The Hall–Kier alpha value is -2.40. The van der Waals surface area contributed by atoms with Gasteiger partial charge in [0.25, 0.3) is 5.91 Å². The highest BCUT2D eigenvalue weighted by Crippen LogP contribution is 2.17. The number of anilines is 1. The third kappa shape index (κ3) is 3.79. The third-order valence-electron chi connectivity index (χ3n) is 3.13. The molecule has 0 aliphatic carbocycles. The number of benzene rings is 2. The monoisotopic (exact) mass is 288 g/mol. The first kappa shape index (κ1) is 15.0. The standard InChI is InChI=1S/C16H17FN2O2/c1-21-10-12-5-3-2-4-11(12)9-19-13-6-7-15(17)14(8-13)16(18)20/h2-8,19H,9-10H2,1H3,(H2,18,20). The fourth-order valence-electron chi connectivity index (χ4n) is 2.05. The minimum Gasteiger partial charge on any atom is -0.381 e. The van der Waals surface area contributed by atoms with Gasteiger partial charge >= 0.3 is 0 Å². The van der Waals surface area contributed by atoms with Crippen LogP contribution in [0.1, 0.15) is 21.5 Å². The number of hydrogen-bond donors (Lipinski definition) is 2. The molecule has 0 fully saturated rings. The lowest BCUT2D eigenvalue weighted by Crippen LogP contribution is -2.13. The van der Waals surface area contributed by atoms with Gasteiger partial charge in [0.1, 0.15) is 5.82 Å². The molecule has 0 spiro atoms. The van der Waals surface area contributed by atoms with Crippen molar-refractivity contribution >= 4 is 11.6 Å². The highest BCUT2D eigenvalue weighted by atomic mass is 19.1. The lowest BCUT2D eigenvalue weighted by molar-refractivity contribution is 0.0996. The molecule has 2 aromatic carbocycles. The molecule has 0 aliphatic heterocycles. The van der Waals surface area contributed by atoms with Crippen LogP contribution in [0.3, 0.4) is 0 Å². The molecule has 5 heteroatoms. The quantitative estimate of drug-likeness (QED) is 0.859. The molecule has 0 aliphatic rings. The van der Waals surface area contributed by atoms with Crippen LogP contribution >= 0.6 is 0 Å². The van der Waals surface area contributed by atoms with E-state index in [2.05, 4.69) is 5.32 Å². The summed E-state index contributed by atoms with van der Waals surface area (Å²) in [5, 5.41) is 3.15. The van der Waals surface area contributed by atoms with E-state index in [1.54, 1.807) is 13.2 Å². The molecule has 0 bridgehead atoms. The maximum absolute atomic E-state index is 13.4. The van der Waals surface area contributed by atoms with E-state index in [-0.39, 0.29) is 5.56 Å². The van der Waals surface area contributed by atoms with Crippen LogP contribution in [0, 0.1) is 5.82 Å².